The molecule has 21 heavy (non-hydrogen) atoms. The van der Waals surface area contributed by atoms with Crippen molar-refractivity contribution in [1.29, 1.82) is 0 Å². The minimum atomic E-state index is -0.139. The molecule has 0 saturated heterocycles. The maximum atomic E-state index is 14.0. The molecule has 120 valence electrons. The molecule has 0 bridgehead atoms. The first-order valence-electron chi connectivity index (χ1n) is 8.28. The van der Waals surface area contributed by atoms with Gasteiger partial charge in [0.15, 0.2) is 0 Å². The van der Waals surface area contributed by atoms with Crippen LogP contribution >= 0.6 is 0 Å². The van der Waals surface area contributed by atoms with Crippen LogP contribution < -0.4 is 10.2 Å². The predicted octanol–water partition coefficient (Wildman–Crippen LogP) is 4.59. The van der Waals surface area contributed by atoms with E-state index in [-0.39, 0.29) is 5.82 Å². The van der Waals surface area contributed by atoms with Crippen molar-refractivity contribution in [2.24, 2.45) is 5.92 Å². The predicted molar refractivity (Wildman–Crippen MR) is 90.3 cm³/mol. The molecule has 0 aliphatic rings. The summed E-state index contributed by atoms with van der Waals surface area (Å²) in [5.41, 5.74) is 2.04. The summed E-state index contributed by atoms with van der Waals surface area (Å²) in [6.45, 7) is 13.5. The quantitative estimate of drug-likeness (QED) is 0.717. The fourth-order valence-corrected chi connectivity index (χ4v) is 2.76. The van der Waals surface area contributed by atoms with E-state index >= 15 is 0 Å². The number of nitrogens with zero attached hydrogens (tertiary/aromatic N) is 1. The summed E-state index contributed by atoms with van der Waals surface area (Å²) in [7, 11) is 0. The first-order valence-corrected chi connectivity index (χ1v) is 8.28. The highest BCUT2D eigenvalue weighted by Gasteiger charge is 2.18. The third kappa shape index (κ3) is 5.66. The molecule has 0 saturated carbocycles. The van der Waals surface area contributed by atoms with E-state index in [9.17, 15) is 4.39 Å². The molecule has 0 atom stereocenters. The second kappa shape index (κ2) is 9.04. The second-order valence-corrected chi connectivity index (χ2v) is 6.11. The van der Waals surface area contributed by atoms with Gasteiger partial charge in [-0.05, 0) is 49.1 Å². The molecular formula is C18H31FN2. The minimum Gasteiger partial charge on any atom is -0.368 e. The summed E-state index contributed by atoms with van der Waals surface area (Å²) in [5.74, 6) is 0.422. The van der Waals surface area contributed by atoms with Crippen LogP contribution in [-0.4, -0.2) is 19.1 Å². The molecule has 0 aromatic heterocycles. The number of hydrogen-bond acceptors (Lipinski definition) is 2. The van der Waals surface area contributed by atoms with E-state index in [2.05, 4.69) is 50.9 Å². The summed E-state index contributed by atoms with van der Waals surface area (Å²) in [6.07, 6.45) is 2.17. The summed E-state index contributed by atoms with van der Waals surface area (Å²) in [6, 6.07) is 5.91. The van der Waals surface area contributed by atoms with Crippen molar-refractivity contribution in [3.05, 3.63) is 29.6 Å². The van der Waals surface area contributed by atoms with Gasteiger partial charge >= 0.3 is 0 Å². The standard InChI is InChI=1S/C18H31FN2/c1-6-17(7-2)21(13-14(4)5)18-10-15(12-20-8-3)9-16(19)11-18/h9-11,14,17,20H,6-8,12-13H2,1-5H3. The first kappa shape index (κ1) is 18.0. The van der Waals surface area contributed by atoms with E-state index in [0.29, 0.717) is 12.0 Å². The Hall–Kier alpha value is -1.09. The van der Waals surface area contributed by atoms with E-state index in [1.54, 1.807) is 12.1 Å². The van der Waals surface area contributed by atoms with Gasteiger partial charge in [0.2, 0.25) is 0 Å². The van der Waals surface area contributed by atoms with Crippen molar-refractivity contribution in [3.8, 4) is 0 Å². The van der Waals surface area contributed by atoms with Crippen molar-refractivity contribution in [2.45, 2.75) is 60.0 Å². The van der Waals surface area contributed by atoms with Crippen molar-refractivity contribution in [2.75, 3.05) is 18.0 Å². The third-order valence-electron chi connectivity index (χ3n) is 3.80. The van der Waals surface area contributed by atoms with E-state index in [1.807, 2.05) is 0 Å². The number of nitrogens with one attached hydrogen (secondary N) is 1. The number of anilines is 1. The van der Waals surface area contributed by atoms with Crippen LogP contribution in [0.25, 0.3) is 0 Å². The molecule has 0 aliphatic carbocycles. The molecule has 1 aromatic carbocycles. The molecule has 1 rings (SSSR count). The van der Waals surface area contributed by atoms with Crippen LogP contribution in [0.3, 0.4) is 0 Å². The minimum absolute atomic E-state index is 0.139. The topological polar surface area (TPSA) is 15.3 Å². The second-order valence-electron chi connectivity index (χ2n) is 6.11. The largest absolute Gasteiger partial charge is 0.368 e. The van der Waals surface area contributed by atoms with E-state index in [0.717, 1.165) is 43.7 Å². The molecule has 2 nitrogen and oxygen atoms in total. The number of benzene rings is 1. The maximum absolute atomic E-state index is 14.0. The normalized spacial score (nSPS) is 11.4. The number of hydrogen-bond donors (Lipinski definition) is 1. The molecule has 1 aromatic rings. The van der Waals surface area contributed by atoms with Crippen LogP contribution in [0.4, 0.5) is 10.1 Å². The zero-order valence-corrected chi connectivity index (χ0v) is 14.2. The van der Waals surface area contributed by atoms with Gasteiger partial charge in [0.25, 0.3) is 0 Å². The average molecular weight is 294 g/mol. The molecule has 0 unspecified atom stereocenters. The molecule has 0 spiro atoms. The van der Waals surface area contributed by atoms with Gasteiger partial charge in [-0.25, -0.2) is 4.39 Å². The summed E-state index contributed by atoms with van der Waals surface area (Å²) < 4.78 is 14.0. The van der Waals surface area contributed by atoms with E-state index in [1.165, 1.54) is 0 Å². The molecule has 0 radical (unpaired) electrons. The van der Waals surface area contributed by atoms with Crippen LogP contribution in [0.5, 0.6) is 0 Å². The Morgan fingerprint density at radius 3 is 2.29 bits per heavy atom. The van der Waals surface area contributed by atoms with Gasteiger partial charge in [-0.15, -0.1) is 0 Å². The van der Waals surface area contributed by atoms with E-state index < -0.39 is 0 Å². The lowest BCUT2D eigenvalue weighted by atomic mass is 10.0. The van der Waals surface area contributed by atoms with Gasteiger partial charge in [0.1, 0.15) is 5.82 Å². The molecular weight excluding hydrogens is 263 g/mol. The molecule has 3 heteroatoms. The Morgan fingerprint density at radius 2 is 1.76 bits per heavy atom. The van der Waals surface area contributed by atoms with Crippen LogP contribution in [0.15, 0.2) is 18.2 Å². The average Bonchev–Trinajstić information content (AvgIpc) is 2.44. The number of halogens is 1. The lowest BCUT2D eigenvalue weighted by Gasteiger charge is -2.34. The van der Waals surface area contributed by atoms with Gasteiger partial charge in [0, 0.05) is 24.8 Å². The highest BCUT2D eigenvalue weighted by Crippen LogP contribution is 2.24. The Balaban J connectivity index is 3.07. The molecule has 0 amide bonds. The van der Waals surface area contributed by atoms with Crippen molar-refractivity contribution < 1.29 is 4.39 Å². The smallest absolute Gasteiger partial charge is 0.125 e. The number of rotatable bonds is 9. The zero-order chi connectivity index (χ0) is 15.8. The Morgan fingerprint density at radius 1 is 1.10 bits per heavy atom. The van der Waals surface area contributed by atoms with Gasteiger partial charge in [-0.1, -0.05) is 34.6 Å². The summed E-state index contributed by atoms with van der Waals surface area (Å²) in [4.78, 5) is 2.38. The SMILES string of the molecule is CCNCc1cc(F)cc(N(CC(C)C)C(CC)CC)c1. The maximum Gasteiger partial charge on any atom is 0.125 e. The van der Waals surface area contributed by atoms with Gasteiger partial charge in [-0.2, -0.15) is 0 Å². The van der Waals surface area contributed by atoms with Crippen molar-refractivity contribution >= 4 is 5.69 Å². The molecule has 1 N–H and O–H groups in total. The van der Waals surface area contributed by atoms with Crippen LogP contribution in [0.1, 0.15) is 53.0 Å². The Labute approximate surface area is 129 Å². The zero-order valence-electron chi connectivity index (χ0n) is 14.2. The Kier molecular flexibility index (Phi) is 7.73. The molecule has 0 heterocycles. The molecule has 0 fully saturated rings. The third-order valence-corrected chi connectivity index (χ3v) is 3.80. The molecule has 0 aliphatic heterocycles. The summed E-state index contributed by atoms with van der Waals surface area (Å²) in [5, 5.41) is 3.27. The monoisotopic (exact) mass is 294 g/mol. The van der Waals surface area contributed by atoms with Crippen LogP contribution in [0, 0.1) is 11.7 Å². The van der Waals surface area contributed by atoms with Gasteiger partial charge in [-0.3, -0.25) is 0 Å². The van der Waals surface area contributed by atoms with Crippen molar-refractivity contribution in [1.82, 2.24) is 5.32 Å². The van der Waals surface area contributed by atoms with Gasteiger partial charge in [0.05, 0.1) is 0 Å². The lowest BCUT2D eigenvalue weighted by molar-refractivity contribution is 0.505. The highest BCUT2D eigenvalue weighted by atomic mass is 19.1. The van der Waals surface area contributed by atoms with Crippen LogP contribution in [0.2, 0.25) is 0 Å². The van der Waals surface area contributed by atoms with E-state index in [4.69, 9.17) is 0 Å². The fraction of sp³-hybridized carbons (Fsp3) is 0.667. The fourth-order valence-electron chi connectivity index (χ4n) is 2.76. The summed E-state index contributed by atoms with van der Waals surface area (Å²) >= 11 is 0. The van der Waals surface area contributed by atoms with Crippen molar-refractivity contribution in [3.63, 3.8) is 0 Å². The van der Waals surface area contributed by atoms with Gasteiger partial charge < -0.3 is 10.2 Å². The van der Waals surface area contributed by atoms with Crippen LogP contribution in [-0.2, 0) is 6.54 Å². The highest BCUT2D eigenvalue weighted by molar-refractivity contribution is 5.50. The lowest BCUT2D eigenvalue weighted by Crippen LogP contribution is -2.37. The first-order chi connectivity index (χ1) is 10.0. The Bertz CT molecular complexity index is 414.